The van der Waals surface area contributed by atoms with E-state index in [0.717, 1.165) is 47.6 Å². The van der Waals surface area contributed by atoms with Gasteiger partial charge in [0.1, 0.15) is 11.7 Å². The lowest BCUT2D eigenvalue weighted by molar-refractivity contribution is 0.104. The van der Waals surface area contributed by atoms with E-state index in [1.54, 1.807) is 24.3 Å². The Labute approximate surface area is 161 Å². The number of carbonyl (C=O) groups is 1. The Morgan fingerprint density at radius 3 is 2.74 bits per heavy atom. The summed E-state index contributed by atoms with van der Waals surface area (Å²) >= 11 is 5.97. The Morgan fingerprint density at radius 2 is 1.89 bits per heavy atom. The van der Waals surface area contributed by atoms with Crippen LogP contribution in [0.4, 0.5) is 5.82 Å². The zero-order valence-corrected chi connectivity index (χ0v) is 15.3. The normalized spacial score (nSPS) is 15.7. The minimum atomic E-state index is -0.0453. The number of nitrogens with zero attached hydrogens (tertiary/aromatic N) is 3. The van der Waals surface area contributed by atoms with Crippen molar-refractivity contribution in [3.63, 3.8) is 0 Å². The highest BCUT2D eigenvalue weighted by atomic mass is 35.5. The van der Waals surface area contributed by atoms with Crippen LogP contribution in [0, 0.1) is 0 Å². The highest BCUT2D eigenvalue weighted by molar-refractivity contribution is 6.35. The standard InChI is InChI=1S/C22H16ClN3O/c23-17-8-6-14(7-9-17)20(27)18-13-16-12-15-4-1-2-5-19(15)25-21(16)26-11-3-10-24-22(18)26/h1-2,4-9,12-13H,3,10-11H2. The number of halogens is 1. The van der Waals surface area contributed by atoms with E-state index in [9.17, 15) is 4.79 Å². The monoisotopic (exact) mass is 373 g/mol. The maximum absolute atomic E-state index is 13.2. The van der Waals surface area contributed by atoms with Crippen molar-refractivity contribution in [1.82, 2.24) is 4.98 Å². The summed E-state index contributed by atoms with van der Waals surface area (Å²) in [6.07, 6.45) is 2.87. The van der Waals surface area contributed by atoms with Crippen molar-refractivity contribution in [1.29, 1.82) is 0 Å². The summed E-state index contributed by atoms with van der Waals surface area (Å²) in [5.41, 5.74) is 3.12. The van der Waals surface area contributed by atoms with Crippen LogP contribution < -0.4 is 4.90 Å². The number of rotatable bonds is 2. The summed E-state index contributed by atoms with van der Waals surface area (Å²) in [7, 11) is 0. The van der Waals surface area contributed by atoms with Crippen LogP contribution in [-0.2, 0) is 0 Å². The molecular formula is C22H16ClN3O. The number of Topliss-reactive ketones (excluding diaryl/α,β-unsaturated/α-hetero) is 1. The van der Waals surface area contributed by atoms with Crippen LogP contribution in [0.1, 0.15) is 22.3 Å². The van der Waals surface area contributed by atoms with Crippen molar-refractivity contribution in [2.45, 2.75) is 6.42 Å². The van der Waals surface area contributed by atoms with Crippen molar-refractivity contribution in [3.8, 4) is 0 Å². The molecule has 0 spiro atoms. The summed E-state index contributed by atoms with van der Waals surface area (Å²) in [5, 5.41) is 1.67. The summed E-state index contributed by atoms with van der Waals surface area (Å²) in [6.45, 7) is 1.53. The van der Waals surface area contributed by atoms with Gasteiger partial charge in [0.15, 0.2) is 5.78 Å². The molecule has 0 atom stereocenters. The average molecular weight is 374 g/mol. The first-order valence-corrected chi connectivity index (χ1v) is 9.32. The molecule has 2 aromatic carbocycles. The van der Waals surface area contributed by atoms with E-state index in [4.69, 9.17) is 16.6 Å². The molecule has 3 aromatic rings. The van der Waals surface area contributed by atoms with E-state index in [2.05, 4.69) is 16.0 Å². The van der Waals surface area contributed by atoms with E-state index < -0.39 is 0 Å². The van der Waals surface area contributed by atoms with Crippen LogP contribution in [0.5, 0.6) is 0 Å². The molecule has 0 radical (unpaired) electrons. The zero-order chi connectivity index (χ0) is 18.4. The number of aromatic nitrogens is 1. The molecule has 5 rings (SSSR count). The fourth-order valence-corrected chi connectivity index (χ4v) is 3.76. The number of hydrogen-bond donors (Lipinski definition) is 0. The second kappa shape index (κ2) is 6.32. The molecule has 132 valence electrons. The van der Waals surface area contributed by atoms with E-state index >= 15 is 0 Å². The van der Waals surface area contributed by atoms with Crippen molar-refractivity contribution in [3.05, 3.63) is 76.3 Å². The van der Waals surface area contributed by atoms with E-state index in [1.807, 2.05) is 30.3 Å². The first kappa shape index (κ1) is 16.2. The number of anilines is 1. The third kappa shape index (κ3) is 2.73. The summed E-state index contributed by atoms with van der Waals surface area (Å²) in [5.74, 6) is 1.55. The Bertz CT molecular complexity index is 1130. The Hall–Kier alpha value is -2.98. The number of carbonyl (C=O) groups excluding carboxylic acids is 1. The molecule has 0 unspecified atom stereocenters. The molecular weight excluding hydrogens is 358 g/mol. The molecule has 1 aromatic heterocycles. The van der Waals surface area contributed by atoms with Gasteiger partial charge in [-0.2, -0.15) is 0 Å². The smallest absolute Gasteiger partial charge is 0.196 e. The topological polar surface area (TPSA) is 45.6 Å². The van der Waals surface area contributed by atoms with Crippen LogP contribution in [-0.4, -0.2) is 29.7 Å². The minimum Gasteiger partial charge on any atom is -0.310 e. The molecule has 0 fully saturated rings. The van der Waals surface area contributed by atoms with Crippen molar-refractivity contribution < 1.29 is 4.79 Å². The Morgan fingerprint density at radius 1 is 1.07 bits per heavy atom. The molecule has 0 saturated carbocycles. The van der Waals surface area contributed by atoms with Gasteiger partial charge in [0.25, 0.3) is 0 Å². The third-order valence-electron chi connectivity index (χ3n) is 4.94. The van der Waals surface area contributed by atoms with Crippen LogP contribution in [0.2, 0.25) is 5.02 Å². The largest absolute Gasteiger partial charge is 0.310 e. The number of aliphatic imine (C=N–C) groups is 1. The molecule has 4 nitrogen and oxygen atoms in total. The number of fused-ring (bicyclic) bond motifs is 4. The van der Waals surface area contributed by atoms with E-state index in [-0.39, 0.29) is 5.78 Å². The zero-order valence-electron chi connectivity index (χ0n) is 14.5. The fraction of sp³-hybridized carbons (Fsp3) is 0.136. The third-order valence-corrected chi connectivity index (χ3v) is 5.19. The molecule has 5 heteroatoms. The van der Waals surface area contributed by atoms with Gasteiger partial charge >= 0.3 is 0 Å². The number of amidine groups is 1. The quantitative estimate of drug-likeness (QED) is 0.607. The van der Waals surface area contributed by atoms with Crippen LogP contribution in [0.15, 0.2) is 65.2 Å². The molecule has 2 aliphatic rings. The number of benzene rings is 2. The summed E-state index contributed by atoms with van der Waals surface area (Å²) < 4.78 is 0. The van der Waals surface area contributed by atoms with E-state index in [0.29, 0.717) is 16.2 Å². The Balaban J connectivity index is 1.69. The van der Waals surface area contributed by atoms with Gasteiger partial charge in [0.2, 0.25) is 0 Å². The molecule has 0 bridgehead atoms. The number of ketones is 1. The van der Waals surface area contributed by atoms with Gasteiger partial charge in [-0.15, -0.1) is 0 Å². The van der Waals surface area contributed by atoms with Gasteiger partial charge in [-0.25, -0.2) is 4.98 Å². The summed E-state index contributed by atoms with van der Waals surface area (Å²) in [6, 6.07) is 17.1. The van der Waals surface area contributed by atoms with Gasteiger partial charge in [0.05, 0.1) is 11.1 Å². The first-order chi connectivity index (χ1) is 13.2. The van der Waals surface area contributed by atoms with Gasteiger partial charge in [-0.3, -0.25) is 9.79 Å². The lowest BCUT2D eigenvalue weighted by Gasteiger charge is -2.33. The van der Waals surface area contributed by atoms with Gasteiger partial charge in [0, 0.05) is 34.6 Å². The van der Waals surface area contributed by atoms with Crippen LogP contribution in [0.3, 0.4) is 0 Å². The highest BCUT2D eigenvalue weighted by Crippen LogP contribution is 2.34. The lowest BCUT2D eigenvalue weighted by Crippen LogP contribution is -2.41. The molecule has 2 aliphatic heterocycles. The van der Waals surface area contributed by atoms with Gasteiger partial charge < -0.3 is 4.90 Å². The first-order valence-electron chi connectivity index (χ1n) is 8.95. The van der Waals surface area contributed by atoms with E-state index in [1.165, 1.54) is 0 Å². The predicted octanol–water partition coefficient (Wildman–Crippen LogP) is 4.78. The van der Waals surface area contributed by atoms with Crippen molar-refractivity contribution >= 4 is 46.0 Å². The Kier molecular flexibility index (Phi) is 3.80. The molecule has 0 N–H and O–H groups in total. The van der Waals surface area contributed by atoms with Crippen molar-refractivity contribution in [2.24, 2.45) is 4.99 Å². The second-order valence-electron chi connectivity index (χ2n) is 6.70. The lowest BCUT2D eigenvalue weighted by atomic mass is 9.95. The SMILES string of the molecule is O=C(C1=Cc2cc3ccccc3nc2N2CCCN=C12)c1ccc(Cl)cc1. The average Bonchev–Trinajstić information content (AvgIpc) is 2.72. The van der Waals surface area contributed by atoms with Gasteiger partial charge in [-0.1, -0.05) is 29.8 Å². The molecule has 0 amide bonds. The molecule has 0 saturated heterocycles. The molecule has 0 aliphatic carbocycles. The summed E-state index contributed by atoms with van der Waals surface area (Å²) in [4.78, 5) is 24.8. The highest BCUT2D eigenvalue weighted by Gasteiger charge is 2.31. The number of hydrogen-bond acceptors (Lipinski definition) is 4. The molecule has 27 heavy (non-hydrogen) atoms. The number of para-hydroxylation sites is 1. The van der Waals surface area contributed by atoms with Crippen LogP contribution in [0.25, 0.3) is 17.0 Å². The maximum atomic E-state index is 13.2. The van der Waals surface area contributed by atoms with Crippen molar-refractivity contribution in [2.75, 3.05) is 18.0 Å². The molecule has 3 heterocycles. The second-order valence-corrected chi connectivity index (χ2v) is 7.13. The minimum absolute atomic E-state index is 0.0453. The fourth-order valence-electron chi connectivity index (χ4n) is 3.63. The number of pyridine rings is 1. The van der Waals surface area contributed by atoms with Gasteiger partial charge in [-0.05, 0) is 48.9 Å². The predicted molar refractivity (Wildman–Crippen MR) is 110 cm³/mol. The van der Waals surface area contributed by atoms with Crippen LogP contribution >= 0.6 is 11.6 Å². The maximum Gasteiger partial charge on any atom is 0.196 e.